The molecule has 1 aliphatic carbocycles. The molecule has 1 aromatic heterocycles. The van der Waals surface area contributed by atoms with Crippen LogP contribution in [-0.4, -0.2) is 66.0 Å². The summed E-state index contributed by atoms with van der Waals surface area (Å²) in [5, 5.41) is 17.7. The van der Waals surface area contributed by atoms with Crippen LogP contribution in [0.4, 0.5) is 8.78 Å². The molecular formula is C29H29F2N5O6. The van der Waals surface area contributed by atoms with E-state index in [1.54, 1.807) is 12.1 Å². The largest absolute Gasteiger partial charge is 0.504 e. The minimum atomic E-state index is -1.26. The van der Waals surface area contributed by atoms with Crippen molar-refractivity contribution >= 4 is 17.6 Å². The van der Waals surface area contributed by atoms with Crippen LogP contribution in [0, 0.1) is 23.0 Å². The van der Waals surface area contributed by atoms with Gasteiger partial charge in [0.1, 0.15) is 29.3 Å². The van der Waals surface area contributed by atoms with Crippen molar-refractivity contribution in [1.82, 2.24) is 9.88 Å². The average Bonchev–Trinajstić information content (AvgIpc) is 3.62. The molecule has 0 radical (unpaired) electrons. The number of likely N-dealkylation sites (N-methyl/N-ethyl adjacent to an activating group) is 1. The highest BCUT2D eigenvalue weighted by Crippen LogP contribution is 2.39. The van der Waals surface area contributed by atoms with Crippen LogP contribution in [0.3, 0.4) is 0 Å². The van der Waals surface area contributed by atoms with Gasteiger partial charge in [-0.2, -0.15) is 4.39 Å². The number of methoxy groups -OCH3 is 1. The normalized spacial score (nSPS) is 18.0. The summed E-state index contributed by atoms with van der Waals surface area (Å²) in [5.41, 5.74) is 6.12. The monoisotopic (exact) mass is 581 g/mol. The number of pyridine rings is 1. The lowest BCUT2D eigenvalue weighted by atomic mass is 10.1. The van der Waals surface area contributed by atoms with Gasteiger partial charge in [-0.05, 0) is 55.7 Å². The number of amidine groups is 2. The van der Waals surface area contributed by atoms with Crippen LogP contribution in [0.25, 0.3) is 0 Å². The Balaban J connectivity index is 1.47. The number of esters is 1. The molecule has 1 aliphatic heterocycles. The molecule has 2 atom stereocenters. The van der Waals surface area contributed by atoms with E-state index in [1.807, 2.05) is 11.9 Å². The Hall–Kier alpha value is -4.94. The molecule has 1 fully saturated rings. The number of nitrogens with two attached hydrogens (primary N) is 1. The topological polar surface area (TPSA) is 153 Å². The molecule has 5 rings (SSSR count). The molecule has 42 heavy (non-hydrogen) atoms. The van der Waals surface area contributed by atoms with E-state index in [-0.39, 0.29) is 40.7 Å². The van der Waals surface area contributed by atoms with Crippen LogP contribution < -0.4 is 19.9 Å². The second kappa shape index (κ2) is 11.9. The number of phenolic OH excluding ortho intramolecular Hbond substituents is 1. The minimum Gasteiger partial charge on any atom is -0.504 e. The average molecular weight is 582 g/mol. The van der Waals surface area contributed by atoms with Crippen molar-refractivity contribution in [3.05, 3.63) is 65.4 Å². The lowest BCUT2D eigenvalue weighted by Crippen LogP contribution is -2.29. The van der Waals surface area contributed by atoms with Gasteiger partial charge >= 0.3 is 5.97 Å². The second-order valence-electron chi connectivity index (χ2n) is 9.86. The predicted octanol–water partition coefficient (Wildman–Crippen LogP) is 4.35. The summed E-state index contributed by atoms with van der Waals surface area (Å²) in [6, 6.07) is 8.57. The summed E-state index contributed by atoms with van der Waals surface area (Å²) in [4.78, 5) is 22.3. The van der Waals surface area contributed by atoms with Gasteiger partial charge in [0.05, 0.1) is 31.3 Å². The number of carbonyl (C=O) groups excluding carboxylic acids is 1. The molecule has 11 nitrogen and oxygen atoms in total. The third-order valence-corrected chi connectivity index (χ3v) is 7.08. The van der Waals surface area contributed by atoms with Gasteiger partial charge in [-0.15, -0.1) is 0 Å². The van der Waals surface area contributed by atoms with Crippen molar-refractivity contribution in [2.24, 2.45) is 16.6 Å². The van der Waals surface area contributed by atoms with Gasteiger partial charge in [0.15, 0.2) is 17.3 Å². The van der Waals surface area contributed by atoms with Gasteiger partial charge in [0, 0.05) is 19.2 Å². The van der Waals surface area contributed by atoms with Crippen LogP contribution in [0.2, 0.25) is 0 Å². The van der Waals surface area contributed by atoms with Crippen molar-refractivity contribution in [2.45, 2.75) is 25.4 Å². The van der Waals surface area contributed by atoms with Crippen molar-refractivity contribution < 1.29 is 37.6 Å². The number of nitrogens with zero attached hydrogens (tertiary/aromatic N) is 3. The number of hydrogen-bond donors (Lipinski definition) is 3. The minimum absolute atomic E-state index is 0.0853. The molecule has 2 aliphatic rings. The zero-order valence-electron chi connectivity index (χ0n) is 22.9. The summed E-state index contributed by atoms with van der Waals surface area (Å²) in [6.07, 6.45) is 2.49. The lowest BCUT2D eigenvalue weighted by Gasteiger charge is -2.22. The van der Waals surface area contributed by atoms with Crippen LogP contribution in [0.15, 0.2) is 47.6 Å². The lowest BCUT2D eigenvalue weighted by molar-refractivity contribution is -0.147. The van der Waals surface area contributed by atoms with E-state index in [4.69, 9.17) is 30.1 Å². The van der Waals surface area contributed by atoms with E-state index < -0.39 is 29.2 Å². The predicted molar refractivity (Wildman–Crippen MR) is 148 cm³/mol. The summed E-state index contributed by atoms with van der Waals surface area (Å²) in [7, 11) is 3.17. The molecule has 0 amide bonds. The smallest absolute Gasteiger partial charge is 0.312 e. The van der Waals surface area contributed by atoms with Crippen LogP contribution in [0.1, 0.15) is 30.4 Å². The van der Waals surface area contributed by atoms with E-state index in [2.05, 4.69) is 9.98 Å². The number of aromatic hydroxyl groups is 1. The first-order valence-corrected chi connectivity index (χ1v) is 13.2. The molecule has 2 aromatic carbocycles. The van der Waals surface area contributed by atoms with Gasteiger partial charge < -0.3 is 34.7 Å². The number of carbonyl (C=O) groups is 1. The van der Waals surface area contributed by atoms with E-state index in [0.717, 1.165) is 12.6 Å². The Labute approximate surface area is 240 Å². The zero-order valence-corrected chi connectivity index (χ0v) is 22.9. The van der Waals surface area contributed by atoms with Crippen molar-refractivity contribution in [1.29, 1.82) is 5.41 Å². The standard InChI is InChI=1S/C29H29F2N5O6/c1-36-11-10-34-27(36)18-13-16(40-21-5-3-4-17(21)29(38)39-2)7-9-22(18)41-25-19(30)14-35-28(24(25)31)42-23-12-15(26(32)33)6-8-20(23)37/h6-9,12-14,17,21,37H,3-5,10-11H2,1-2H3,(H3,32,33). The Morgan fingerprint density at radius 3 is 2.67 bits per heavy atom. The van der Waals surface area contributed by atoms with Crippen molar-refractivity contribution in [3.63, 3.8) is 0 Å². The number of phenols is 1. The highest BCUT2D eigenvalue weighted by atomic mass is 19.1. The maximum absolute atomic E-state index is 15.6. The van der Waals surface area contributed by atoms with E-state index in [0.29, 0.717) is 43.1 Å². The second-order valence-corrected chi connectivity index (χ2v) is 9.86. The quantitative estimate of drug-likeness (QED) is 0.190. The Kier molecular flexibility index (Phi) is 8.09. The summed E-state index contributed by atoms with van der Waals surface area (Å²) >= 11 is 0. The third kappa shape index (κ3) is 5.76. The molecular weight excluding hydrogens is 552 g/mol. The van der Waals surface area contributed by atoms with Gasteiger partial charge in [0.25, 0.3) is 5.88 Å². The summed E-state index contributed by atoms with van der Waals surface area (Å²) < 4.78 is 52.8. The number of hydrogen-bond acceptors (Lipinski definition) is 10. The number of halogens is 2. The van der Waals surface area contributed by atoms with Crippen LogP contribution >= 0.6 is 0 Å². The number of ether oxygens (including phenoxy) is 4. The fourth-order valence-corrected chi connectivity index (χ4v) is 4.91. The molecule has 1 saturated carbocycles. The number of rotatable bonds is 9. The van der Waals surface area contributed by atoms with E-state index in [9.17, 15) is 14.3 Å². The molecule has 0 saturated heterocycles. The van der Waals surface area contributed by atoms with Crippen molar-refractivity contribution in [2.75, 3.05) is 27.2 Å². The molecule has 220 valence electrons. The highest BCUT2D eigenvalue weighted by Gasteiger charge is 2.36. The van der Waals surface area contributed by atoms with Gasteiger partial charge in [-0.3, -0.25) is 15.2 Å². The van der Waals surface area contributed by atoms with E-state index >= 15 is 4.39 Å². The number of nitrogen functional groups attached to an aromatic ring is 1. The SMILES string of the molecule is COC(=O)C1CCCC1Oc1ccc(Oc2c(F)cnc(Oc3cc(C(=N)N)ccc3O)c2F)c(C2=NCCN2C)c1. The third-order valence-electron chi connectivity index (χ3n) is 7.08. The Morgan fingerprint density at radius 1 is 1.14 bits per heavy atom. The van der Waals surface area contributed by atoms with Gasteiger partial charge in [0.2, 0.25) is 11.6 Å². The molecule has 0 spiro atoms. The molecule has 13 heteroatoms. The fraction of sp³-hybridized carbons (Fsp3) is 0.310. The first-order chi connectivity index (χ1) is 20.2. The van der Waals surface area contributed by atoms with Crippen LogP contribution in [0.5, 0.6) is 34.6 Å². The molecule has 0 bridgehead atoms. The first-order valence-electron chi connectivity index (χ1n) is 13.2. The Bertz CT molecular complexity index is 1570. The molecule has 4 N–H and O–H groups in total. The number of aliphatic imine (C=N–C) groups is 1. The van der Waals surface area contributed by atoms with Crippen molar-refractivity contribution in [3.8, 4) is 34.6 Å². The fourth-order valence-electron chi connectivity index (χ4n) is 4.91. The molecule has 2 heterocycles. The number of nitrogens with one attached hydrogen (secondary N) is 1. The number of benzene rings is 2. The maximum Gasteiger partial charge on any atom is 0.312 e. The first kappa shape index (κ1) is 28.6. The molecule has 2 unspecified atom stereocenters. The zero-order chi connectivity index (χ0) is 30.0. The number of aromatic nitrogens is 1. The van der Waals surface area contributed by atoms with E-state index in [1.165, 1.54) is 31.4 Å². The highest BCUT2D eigenvalue weighted by molar-refractivity contribution is 6.02. The maximum atomic E-state index is 15.6. The van der Waals surface area contributed by atoms with Gasteiger partial charge in [-0.25, -0.2) is 9.37 Å². The Morgan fingerprint density at radius 2 is 1.95 bits per heavy atom. The van der Waals surface area contributed by atoms with Gasteiger partial charge in [-0.1, -0.05) is 0 Å². The van der Waals surface area contributed by atoms with Crippen LogP contribution in [-0.2, 0) is 9.53 Å². The molecule has 3 aromatic rings. The summed E-state index contributed by atoms with van der Waals surface area (Å²) in [5.74, 6) is -4.41. The summed E-state index contributed by atoms with van der Waals surface area (Å²) in [6.45, 7) is 1.15.